The van der Waals surface area contributed by atoms with Crippen molar-refractivity contribution in [1.82, 2.24) is 0 Å². The topological polar surface area (TPSA) is 9.23 Å². The first-order valence-corrected chi connectivity index (χ1v) is 2.54. The molecule has 0 rings (SSSR count). The lowest BCUT2D eigenvalue weighted by atomic mass is 11.0. The molecular weight excluding hydrogens is 178 g/mol. The van der Waals surface area contributed by atoms with Crippen molar-refractivity contribution in [2.24, 2.45) is 0 Å². The normalized spacial score (nSPS) is 12.0. The molecule has 0 aliphatic heterocycles. The van der Waals surface area contributed by atoms with Crippen LogP contribution in [0.4, 0.5) is 26.3 Å². The van der Waals surface area contributed by atoms with Gasteiger partial charge in [-0.3, -0.25) is 0 Å². The summed E-state index contributed by atoms with van der Waals surface area (Å²) in [7, 11) is 0. The third-order valence-corrected chi connectivity index (χ3v) is 0.231. The zero-order valence-electron chi connectivity index (χ0n) is 5.68. The third-order valence-electron chi connectivity index (χ3n) is 0.231. The Balaban J connectivity index is 0. The van der Waals surface area contributed by atoms with Gasteiger partial charge in [0.15, 0.2) is 0 Å². The summed E-state index contributed by atoms with van der Waals surface area (Å²) in [6, 6.07) is 0. The summed E-state index contributed by atoms with van der Waals surface area (Å²) in [4.78, 5) is 0. The van der Waals surface area contributed by atoms with E-state index in [4.69, 9.17) is 0 Å². The average molecular weight is 184 g/mol. The fraction of sp³-hybridized carbons (Fsp3) is 1.00. The second-order valence-electron chi connectivity index (χ2n) is 0.994. The molecular formula is C4H6F6O. The number of alkyl halides is 6. The highest BCUT2D eigenvalue weighted by Gasteiger charge is 2.45. The molecule has 1 nitrogen and oxygen atoms in total. The van der Waals surface area contributed by atoms with E-state index < -0.39 is 12.7 Å². The lowest BCUT2D eigenvalue weighted by molar-refractivity contribution is -0.463. The monoisotopic (exact) mass is 184 g/mol. The van der Waals surface area contributed by atoms with Crippen LogP contribution in [-0.2, 0) is 4.74 Å². The molecule has 0 spiro atoms. The minimum Gasteiger partial charge on any atom is -0.196 e. The standard InChI is InChI=1S/C2F6O.C2H6/c3-1(4,5)9-2(6,7)8;1-2/h;1-2H3. The Morgan fingerprint density at radius 2 is 0.909 bits per heavy atom. The molecule has 0 radical (unpaired) electrons. The zero-order valence-corrected chi connectivity index (χ0v) is 5.68. The van der Waals surface area contributed by atoms with Crippen molar-refractivity contribution in [2.75, 3.05) is 0 Å². The van der Waals surface area contributed by atoms with E-state index in [0.717, 1.165) is 0 Å². The Morgan fingerprint density at radius 1 is 0.727 bits per heavy atom. The van der Waals surface area contributed by atoms with Gasteiger partial charge in [0.1, 0.15) is 0 Å². The van der Waals surface area contributed by atoms with Gasteiger partial charge in [0.25, 0.3) is 0 Å². The summed E-state index contributed by atoms with van der Waals surface area (Å²) in [6.07, 6.45) is -11.3. The quantitative estimate of drug-likeness (QED) is 0.525. The molecule has 0 aliphatic carbocycles. The van der Waals surface area contributed by atoms with Gasteiger partial charge in [-0.25, -0.2) is 0 Å². The van der Waals surface area contributed by atoms with E-state index >= 15 is 0 Å². The predicted molar refractivity (Wildman–Crippen MR) is 24.5 cm³/mol. The Hall–Kier alpha value is -0.460. The van der Waals surface area contributed by atoms with Crippen LogP contribution in [-0.4, -0.2) is 12.7 Å². The van der Waals surface area contributed by atoms with E-state index in [1.54, 1.807) is 4.74 Å². The van der Waals surface area contributed by atoms with Crippen LogP contribution in [0.15, 0.2) is 0 Å². The maximum Gasteiger partial charge on any atom is 0.529 e. The maximum absolute atomic E-state index is 10.6. The third kappa shape index (κ3) is 17.7. The first-order valence-electron chi connectivity index (χ1n) is 2.54. The highest BCUT2D eigenvalue weighted by Crippen LogP contribution is 2.28. The molecule has 0 saturated heterocycles. The van der Waals surface area contributed by atoms with Crippen LogP contribution in [0.3, 0.4) is 0 Å². The molecule has 0 N–H and O–H groups in total. The van der Waals surface area contributed by atoms with Gasteiger partial charge in [-0.1, -0.05) is 13.8 Å². The fourth-order valence-corrected chi connectivity index (χ4v) is 0.131. The molecule has 0 unspecified atom stereocenters. The SMILES string of the molecule is CC.FC(F)(F)OC(F)(F)F. The van der Waals surface area contributed by atoms with Crippen LogP contribution in [0, 0.1) is 0 Å². The van der Waals surface area contributed by atoms with Crippen LogP contribution in [0.5, 0.6) is 0 Å². The van der Waals surface area contributed by atoms with Gasteiger partial charge >= 0.3 is 12.7 Å². The minimum absolute atomic E-state index is 1.62. The first kappa shape index (κ1) is 13.2. The molecule has 0 heterocycles. The molecule has 0 aromatic heterocycles. The van der Waals surface area contributed by atoms with Crippen molar-refractivity contribution in [2.45, 2.75) is 26.6 Å². The fourth-order valence-electron chi connectivity index (χ4n) is 0.131. The van der Waals surface area contributed by atoms with Crippen LogP contribution < -0.4 is 0 Å². The number of halogens is 6. The molecule has 0 saturated carbocycles. The van der Waals surface area contributed by atoms with Crippen LogP contribution in [0.1, 0.15) is 13.8 Å². The number of hydrogen-bond acceptors (Lipinski definition) is 1. The molecule has 11 heavy (non-hydrogen) atoms. The van der Waals surface area contributed by atoms with E-state index in [-0.39, 0.29) is 0 Å². The van der Waals surface area contributed by atoms with E-state index in [1.165, 1.54) is 0 Å². The lowest BCUT2D eigenvalue weighted by Gasteiger charge is -2.08. The molecule has 0 bridgehead atoms. The van der Waals surface area contributed by atoms with Crippen LogP contribution >= 0.6 is 0 Å². The summed E-state index contributed by atoms with van der Waals surface area (Å²) < 4.78 is 65.3. The summed E-state index contributed by atoms with van der Waals surface area (Å²) in [6.45, 7) is 4.00. The predicted octanol–water partition coefficient (Wildman–Crippen LogP) is 3.07. The second-order valence-corrected chi connectivity index (χ2v) is 0.994. The molecule has 0 amide bonds. The summed E-state index contributed by atoms with van der Waals surface area (Å²) in [5.41, 5.74) is 0. The van der Waals surface area contributed by atoms with Gasteiger partial charge < -0.3 is 0 Å². The molecule has 0 aromatic rings. The Labute approximate surface area is 58.9 Å². The van der Waals surface area contributed by atoms with Crippen molar-refractivity contribution < 1.29 is 31.1 Å². The van der Waals surface area contributed by atoms with Gasteiger partial charge in [-0.2, -0.15) is 4.74 Å². The lowest BCUT2D eigenvalue weighted by Crippen LogP contribution is -2.25. The smallest absolute Gasteiger partial charge is 0.196 e. The van der Waals surface area contributed by atoms with Gasteiger partial charge in [-0.15, -0.1) is 26.3 Å². The Bertz CT molecular complexity index is 79.7. The summed E-state index contributed by atoms with van der Waals surface area (Å²) in [5.74, 6) is 0. The molecule has 0 atom stereocenters. The van der Waals surface area contributed by atoms with Crippen LogP contribution in [0.2, 0.25) is 0 Å². The van der Waals surface area contributed by atoms with Crippen molar-refractivity contribution in [3.8, 4) is 0 Å². The van der Waals surface area contributed by atoms with Gasteiger partial charge in [0.05, 0.1) is 0 Å². The van der Waals surface area contributed by atoms with Crippen molar-refractivity contribution in [3.63, 3.8) is 0 Å². The number of ether oxygens (including phenoxy) is 1. The van der Waals surface area contributed by atoms with Gasteiger partial charge in [-0.05, 0) is 0 Å². The second kappa shape index (κ2) is 4.42. The highest BCUT2D eigenvalue weighted by atomic mass is 19.4. The summed E-state index contributed by atoms with van der Waals surface area (Å²) in [5, 5.41) is 0. The Kier molecular flexibility index (Phi) is 5.29. The largest absolute Gasteiger partial charge is 0.529 e. The highest BCUT2D eigenvalue weighted by molar-refractivity contribution is 4.30. The molecule has 70 valence electrons. The maximum atomic E-state index is 10.6. The molecule has 0 aromatic carbocycles. The number of rotatable bonds is 0. The Morgan fingerprint density at radius 3 is 0.909 bits per heavy atom. The molecule has 7 heteroatoms. The van der Waals surface area contributed by atoms with E-state index in [1.807, 2.05) is 13.8 Å². The summed E-state index contributed by atoms with van der Waals surface area (Å²) >= 11 is 0. The average Bonchev–Trinajstić information content (AvgIpc) is 1.60. The van der Waals surface area contributed by atoms with Gasteiger partial charge in [0, 0.05) is 0 Å². The van der Waals surface area contributed by atoms with Crippen molar-refractivity contribution in [1.29, 1.82) is 0 Å². The number of hydrogen-bond donors (Lipinski definition) is 0. The molecule has 0 fully saturated rings. The first-order chi connectivity index (χ1) is 4.71. The van der Waals surface area contributed by atoms with Crippen molar-refractivity contribution >= 4 is 0 Å². The van der Waals surface area contributed by atoms with E-state index in [2.05, 4.69) is 0 Å². The zero-order chi connectivity index (χ0) is 9.71. The van der Waals surface area contributed by atoms with E-state index in [0.29, 0.717) is 0 Å². The molecule has 0 aliphatic rings. The van der Waals surface area contributed by atoms with Gasteiger partial charge in [0.2, 0.25) is 0 Å². The van der Waals surface area contributed by atoms with E-state index in [9.17, 15) is 26.3 Å². The minimum atomic E-state index is -5.64. The van der Waals surface area contributed by atoms with Crippen LogP contribution in [0.25, 0.3) is 0 Å². The van der Waals surface area contributed by atoms with Crippen molar-refractivity contribution in [3.05, 3.63) is 0 Å².